The third-order valence-corrected chi connectivity index (χ3v) is 2.48. The molecular formula is C12H10F2N2O3. The maximum Gasteiger partial charge on any atom is 0.358 e. The summed E-state index contributed by atoms with van der Waals surface area (Å²) in [4.78, 5) is 10.6. The molecule has 100 valence electrons. The molecule has 0 aliphatic heterocycles. The van der Waals surface area contributed by atoms with E-state index in [1.54, 1.807) is 0 Å². The van der Waals surface area contributed by atoms with E-state index in [9.17, 15) is 13.6 Å². The maximum absolute atomic E-state index is 13.5. The van der Waals surface area contributed by atoms with Crippen molar-refractivity contribution in [2.75, 3.05) is 5.32 Å². The van der Waals surface area contributed by atoms with Crippen LogP contribution in [0.15, 0.2) is 22.7 Å². The smallest absolute Gasteiger partial charge is 0.358 e. The zero-order valence-corrected chi connectivity index (χ0v) is 9.91. The second kappa shape index (κ2) is 5.05. The van der Waals surface area contributed by atoms with Crippen LogP contribution >= 0.6 is 0 Å². The molecule has 0 saturated heterocycles. The molecule has 1 heterocycles. The Morgan fingerprint density at radius 2 is 2.11 bits per heavy atom. The maximum atomic E-state index is 13.5. The minimum absolute atomic E-state index is 0.000297. The lowest BCUT2D eigenvalue weighted by Crippen LogP contribution is -2.02. The number of carboxylic acids is 1. The SMILES string of the molecule is Cc1cc(F)c(NCc2cc(C(=O)O)no2)cc1F. The largest absolute Gasteiger partial charge is 0.476 e. The van der Waals surface area contributed by atoms with Gasteiger partial charge in [0.25, 0.3) is 0 Å². The Bertz CT molecular complexity index is 625. The monoisotopic (exact) mass is 268 g/mol. The Morgan fingerprint density at radius 3 is 2.74 bits per heavy atom. The molecule has 2 N–H and O–H groups in total. The molecule has 0 aliphatic rings. The van der Waals surface area contributed by atoms with Crippen LogP contribution in [0.1, 0.15) is 21.8 Å². The first-order valence-corrected chi connectivity index (χ1v) is 5.36. The van der Waals surface area contributed by atoms with E-state index in [2.05, 4.69) is 10.5 Å². The van der Waals surface area contributed by atoms with Crippen molar-refractivity contribution in [2.24, 2.45) is 0 Å². The van der Waals surface area contributed by atoms with Gasteiger partial charge >= 0.3 is 5.97 Å². The summed E-state index contributed by atoms with van der Waals surface area (Å²) in [7, 11) is 0. The standard InChI is InChI=1S/C12H10F2N2O3/c1-6-2-9(14)10(4-8(6)13)15-5-7-3-11(12(17)18)16-19-7/h2-4,15H,5H2,1H3,(H,17,18). The first kappa shape index (κ1) is 13.0. The van der Waals surface area contributed by atoms with E-state index in [1.165, 1.54) is 13.0 Å². The van der Waals surface area contributed by atoms with E-state index < -0.39 is 17.6 Å². The summed E-state index contributed by atoms with van der Waals surface area (Å²) in [5, 5.41) is 14.5. The highest BCUT2D eigenvalue weighted by molar-refractivity contribution is 5.85. The molecule has 0 spiro atoms. The fourth-order valence-electron chi connectivity index (χ4n) is 1.46. The van der Waals surface area contributed by atoms with Gasteiger partial charge in [-0.2, -0.15) is 0 Å². The van der Waals surface area contributed by atoms with Gasteiger partial charge in [-0.25, -0.2) is 13.6 Å². The highest BCUT2D eigenvalue weighted by atomic mass is 19.1. The molecule has 1 aromatic heterocycles. The third-order valence-electron chi connectivity index (χ3n) is 2.48. The molecule has 0 saturated carbocycles. The van der Waals surface area contributed by atoms with Crippen molar-refractivity contribution in [1.29, 1.82) is 0 Å². The fourth-order valence-corrected chi connectivity index (χ4v) is 1.46. The predicted molar refractivity (Wildman–Crippen MR) is 61.9 cm³/mol. The van der Waals surface area contributed by atoms with Crippen LogP contribution in [-0.2, 0) is 6.54 Å². The molecule has 0 bridgehead atoms. The minimum atomic E-state index is -1.22. The second-order valence-corrected chi connectivity index (χ2v) is 3.92. The van der Waals surface area contributed by atoms with Crippen molar-refractivity contribution < 1.29 is 23.2 Å². The predicted octanol–water partition coefficient (Wildman–Crippen LogP) is 2.57. The van der Waals surface area contributed by atoms with Crippen LogP contribution in [0, 0.1) is 18.6 Å². The highest BCUT2D eigenvalue weighted by Crippen LogP contribution is 2.19. The second-order valence-electron chi connectivity index (χ2n) is 3.92. The number of hydrogen-bond donors (Lipinski definition) is 2. The Hall–Kier alpha value is -2.44. The lowest BCUT2D eigenvalue weighted by atomic mass is 10.2. The third kappa shape index (κ3) is 2.87. The quantitative estimate of drug-likeness (QED) is 0.891. The van der Waals surface area contributed by atoms with Crippen LogP contribution in [-0.4, -0.2) is 16.2 Å². The number of aryl methyl sites for hydroxylation is 1. The number of rotatable bonds is 4. The van der Waals surface area contributed by atoms with Crippen LogP contribution in [0.3, 0.4) is 0 Å². The average molecular weight is 268 g/mol. The number of anilines is 1. The van der Waals surface area contributed by atoms with Gasteiger partial charge in [0.15, 0.2) is 11.5 Å². The fraction of sp³-hybridized carbons (Fsp3) is 0.167. The molecule has 2 rings (SSSR count). The van der Waals surface area contributed by atoms with Crippen LogP contribution in [0.2, 0.25) is 0 Å². The summed E-state index contributed by atoms with van der Waals surface area (Å²) in [5.41, 5.74) is -0.0698. The van der Waals surface area contributed by atoms with Gasteiger partial charge < -0.3 is 14.9 Å². The van der Waals surface area contributed by atoms with E-state index in [1.807, 2.05) is 0 Å². The number of benzene rings is 1. The van der Waals surface area contributed by atoms with Gasteiger partial charge in [0.1, 0.15) is 11.6 Å². The van der Waals surface area contributed by atoms with Crippen LogP contribution in [0.25, 0.3) is 0 Å². The molecule has 0 unspecified atom stereocenters. The summed E-state index contributed by atoms with van der Waals surface area (Å²) >= 11 is 0. The van der Waals surface area contributed by atoms with Gasteiger partial charge in [0.2, 0.25) is 0 Å². The van der Waals surface area contributed by atoms with Crippen molar-refractivity contribution in [3.8, 4) is 0 Å². The van der Waals surface area contributed by atoms with Crippen LogP contribution < -0.4 is 5.32 Å². The molecule has 5 nitrogen and oxygen atoms in total. The summed E-state index contributed by atoms with van der Waals surface area (Å²) < 4.78 is 31.5. The van der Waals surface area contributed by atoms with E-state index in [0.717, 1.165) is 12.1 Å². The molecule has 0 fully saturated rings. The van der Waals surface area contributed by atoms with Crippen molar-refractivity contribution in [3.63, 3.8) is 0 Å². The van der Waals surface area contributed by atoms with E-state index in [0.29, 0.717) is 0 Å². The number of aromatic carboxylic acids is 1. The number of hydrogen-bond acceptors (Lipinski definition) is 4. The van der Waals surface area contributed by atoms with E-state index in [-0.39, 0.29) is 29.2 Å². The van der Waals surface area contributed by atoms with Crippen LogP contribution in [0.4, 0.5) is 14.5 Å². The van der Waals surface area contributed by atoms with Gasteiger partial charge in [-0.05, 0) is 18.6 Å². The number of nitrogens with one attached hydrogen (secondary N) is 1. The summed E-state index contributed by atoms with van der Waals surface area (Å²) in [6.45, 7) is 1.46. The molecule has 7 heteroatoms. The molecule has 0 radical (unpaired) electrons. The van der Waals surface area contributed by atoms with Gasteiger partial charge in [-0.3, -0.25) is 0 Å². The highest BCUT2D eigenvalue weighted by Gasteiger charge is 2.12. The lowest BCUT2D eigenvalue weighted by molar-refractivity contribution is 0.0685. The molecule has 1 aromatic carbocycles. The summed E-state index contributed by atoms with van der Waals surface area (Å²) in [6.07, 6.45) is 0. The first-order chi connectivity index (χ1) is 8.97. The minimum Gasteiger partial charge on any atom is -0.476 e. The van der Waals surface area contributed by atoms with Crippen molar-refractivity contribution >= 4 is 11.7 Å². The average Bonchev–Trinajstić information content (AvgIpc) is 2.81. The molecule has 0 atom stereocenters. The summed E-state index contributed by atoms with van der Waals surface area (Å²) in [6, 6.07) is 3.30. The number of carboxylic acid groups (broad SMARTS) is 1. The molecule has 0 amide bonds. The van der Waals surface area contributed by atoms with E-state index >= 15 is 0 Å². The Labute approximate surface area is 106 Å². The zero-order valence-electron chi connectivity index (χ0n) is 9.91. The zero-order chi connectivity index (χ0) is 14.0. The molecule has 19 heavy (non-hydrogen) atoms. The lowest BCUT2D eigenvalue weighted by Gasteiger charge is -2.07. The van der Waals surface area contributed by atoms with Gasteiger partial charge in [-0.1, -0.05) is 5.16 Å². The van der Waals surface area contributed by atoms with E-state index in [4.69, 9.17) is 9.63 Å². The Morgan fingerprint density at radius 1 is 1.37 bits per heavy atom. The first-order valence-electron chi connectivity index (χ1n) is 5.36. The topological polar surface area (TPSA) is 75.4 Å². The van der Waals surface area contributed by atoms with Crippen molar-refractivity contribution in [2.45, 2.75) is 13.5 Å². The number of nitrogens with zero attached hydrogens (tertiary/aromatic N) is 1. The Kier molecular flexibility index (Phi) is 3.46. The van der Waals surface area contributed by atoms with Crippen molar-refractivity contribution in [1.82, 2.24) is 5.16 Å². The van der Waals surface area contributed by atoms with Crippen LogP contribution in [0.5, 0.6) is 0 Å². The number of carbonyl (C=O) groups is 1. The van der Waals surface area contributed by atoms with Gasteiger partial charge in [0.05, 0.1) is 12.2 Å². The normalized spacial score (nSPS) is 10.5. The van der Waals surface area contributed by atoms with Gasteiger partial charge in [0, 0.05) is 12.1 Å². The Balaban J connectivity index is 2.09. The molecular weight excluding hydrogens is 258 g/mol. The van der Waals surface area contributed by atoms with Crippen molar-refractivity contribution in [3.05, 3.63) is 46.9 Å². The van der Waals surface area contributed by atoms with Gasteiger partial charge in [-0.15, -0.1) is 0 Å². The number of aromatic nitrogens is 1. The summed E-state index contributed by atoms with van der Waals surface area (Å²) in [5.74, 6) is -2.15. The molecule has 0 aliphatic carbocycles. The number of halogens is 2. The molecule has 2 aromatic rings.